The summed E-state index contributed by atoms with van der Waals surface area (Å²) in [5.41, 5.74) is -3.97. The maximum absolute atomic E-state index is 12.2. The van der Waals surface area contributed by atoms with E-state index in [0.717, 1.165) is 19.3 Å². The van der Waals surface area contributed by atoms with Gasteiger partial charge in [0.05, 0.1) is 24.8 Å². The van der Waals surface area contributed by atoms with Gasteiger partial charge < -0.3 is 4.74 Å². The molecule has 0 amide bonds. The Morgan fingerprint density at radius 1 is 1.11 bits per heavy atom. The van der Waals surface area contributed by atoms with Crippen LogP contribution in [0.4, 0.5) is 0 Å². The standard InChI is InChI=1S/C14H15N3O2/c1-2-19-11(18)14(10-17)12(6-4-3-5-7-12)13(14,8-15)9-16/h2-7H2,1H3/t14-/m1/s1. The first-order valence-electron chi connectivity index (χ1n) is 6.53. The van der Waals surface area contributed by atoms with Gasteiger partial charge in [-0.2, -0.15) is 15.8 Å². The third-order valence-electron chi connectivity index (χ3n) is 4.73. The highest BCUT2D eigenvalue weighted by Gasteiger charge is 2.93. The molecule has 2 rings (SSSR count). The molecule has 2 aliphatic rings. The monoisotopic (exact) mass is 257 g/mol. The maximum atomic E-state index is 12.2. The van der Waals surface area contributed by atoms with Gasteiger partial charge in [-0.3, -0.25) is 4.79 Å². The van der Waals surface area contributed by atoms with Gasteiger partial charge in [0.15, 0.2) is 10.8 Å². The van der Waals surface area contributed by atoms with Crippen molar-refractivity contribution in [3.8, 4) is 18.2 Å². The lowest BCUT2D eigenvalue weighted by molar-refractivity contribution is -0.149. The van der Waals surface area contributed by atoms with Crippen LogP contribution in [0.2, 0.25) is 0 Å². The molecule has 0 aromatic heterocycles. The Bertz CT molecular complexity index is 514. The number of rotatable bonds is 2. The van der Waals surface area contributed by atoms with Crippen LogP contribution < -0.4 is 0 Å². The van der Waals surface area contributed by atoms with Gasteiger partial charge in [-0.1, -0.05) is 19.3 Å². The first-order chi connectivity index (χ1) is 9.12. The van der Waals surface area contributed by atoms with Gasteiger partial charge >= 0.3 is 5.97 Å². The van der Waals surface area contributed by atoms with E-state index < -0.39 is 22.2 Å². The molecule has 0 radical (unpaired) electrons. The van der Waals surface area contributed by atoms with E-state index in [0.29, 0.717) is 12.8 Å². The molecule has 2 aliphatic carbocycles. The molecule has 2 fully saturated rings. The van der Waals surface area contributed by atoms with Gasteiger partial charge in [0, 0.05) is 5.41 Å². The van der Waals surface area contributed by atoms with E-state index >= 15 is 0 Å². The fourth-order valence-corrected chi connectivity index (χ4v) is 3.83. The second-order valence-electron chi connectivity index (χ2n) is 5.20. The first-order valence-corrected chi connectivity index (χ1v) is 6.53. The predicted molar refractivity (Wildman–Crippen MR) is 63.9 cm³/mol. The molecule has 2 saturated carbocycles. The van der Waals surface area contributed by atoms with E-state index in [2.05, 4.69) is 0 Å². The summed E-state index contributed by atoms with van der Waals surface area (Å²) in [4.78, 5) is 12.2. The molecule has 5 heteroatoms. The number of hydrogen-bond acceptors (Lipinski definition) is 5. The summed E-state index contributed by atoms with van der Waals surface area (Å²) in [5, 5.41) is 28.4. The molecule has 0 unspecified atom stereocenters. The van der Waals surface area contributed by atoms with Crippen LogP contribution in [0.1, 0.15) is 39.0 Å². The number of esters is 1. The molecule has 0 heterocycles. The molecule has 0 bridgehead atoms. The van der Waals surface area contributed by atoms with Crippen molar-refractivity contribution in [2.24, 2.45) is 16.2 Å². The van der Waals surface area contributed by atoms with Crippen molar-refractivity contribution in [3.05, 3.63) is 0 Å². The summed E-state index contributed by atoms with van der Waals surface area (Å²) in [5.74, 6) is -0.706. The molecule has 19 heavy (non-hydrogen) atoms. The first kappa shape index (κ1) is 13.4. The number of hydrogen-bond donors (Lipinski definition) is 0. The Morgan fingerprint density at radius 2 is 1.68 bits per heavy atom. The molecule has 5 nitrogen and oxygen atoms in total. The van der Waals surface area contributed by atoms with Crippen LogP contribution in [0, 0.1) is 50.2 Å². The minimum atomic E-state index is -1.60. The Labute approximate surface area is 112 Å². The number of carbonyl (C=O) groups excluding carboxylic acids is 1. The SMILES string of the molecule is CCOC(=O)[C@@]1(C#N)C(C#N)(C#N)C12CCCCC2. The third kappa shape index (κ3) is 1.19. The molecule has 0 aromatic carbocycles. The van der Waals surface area contributed by atoms with E-state index in [-0.39, 0.29) is 6.61 Å². The highest BCUT2D eigenvalue weighted by molar-refractivity contribution is 5.91. The predicted octanol–water partition coefficient (Wildman–Crippen LogP) is 2.06. The van der Waals surface area contributed by atoms with Crippen LogP contribution in [0.3, 0.4) is 0 Å². The lowest BCUT2D eigenvalue weighted by Crippen LogP contribution is -2.27. The quantitative estimate of drug-likeness (QED) is 0.705. The summed E-state index contributed by atoms with van der Waals surface area (Å²) in [7, 11) is 0. The summed E-state index contributed by atoms with van der Waals surface area (Å²) in [6.07, 6.45) is 3.84. The van der Waals surface area contributed by atoms with Crippen LogP contribution in [0.25, 0.3) is 0 Å². The zero-order valence-electron chi connectivity index (χ0n) is 10.9. The lowest BCUT2D eigenvalue weighted by Gasteiger charge is -2.23. The zero-order valence-corrected chi connectivity index (χ0v) is 10.9. The minimum absolute atomic E-state index is 0.144. The van der Waals surface area contributed by atoms with Crippen molar-refractivity contribution in [3.63, 3.8) is 0 Å². The zero-order chi connectivity index (χ0) is 14.1. The van der Waals surface area contributed by atoms with Crippen molar-refractivity contribution in [2.75, 3.05) is 6.61 Å². The summed E-state index contributed by atoms with van der Waals surface area (Å²) in [6.45, 7) is 1.80. The van der Waals surface area contributed by atoms with Gasteiger partial charge in [0.25, 0.3) is 0 Å². The van der Waals surface area contributed by atoms with Gasteiger partial charge in [0.2, 0.25) is 0 Å². The van der Waals surface area contributed by atoms with E-state index in [9.17, 15) is 20.6 Å². The Morgan fingerprint density at radius 3 is 2.11 bits per heavy atom. The molecule has 0 saturated heterocycles. The number of carbonyl (C=O) groups is 1. The molecule has 0 N–H and O–H groups in total. The third-order valence-corrected chi connectivity index (χ3v) is 4.73. The Kier molecular flexibility index (Phi) is 2.99. The largest absolute Gasteiger partial charge is 0.465 e. The average molecular weight is 257 g/mol. The average Bonchev–Trinajstić information content (AvgIpc) is 2.95. The Hall–Kier alpha value is -2.06. The number of nitriles is 3. The van der Waals surface area contributed by atoms with E-state index in [1.807, 2.05) is 18.2 Å². The topological polar surface area (TPSA) is 97.7 Å². The van der Waals surface area contributed by atoms with Gasteiger partial charge in [-0.25, -0.2) is 0 Å². The summed E-state index contributed by atoms with van der Waals surface area (Å²) < 4.78 is 4.98. The molecule has 1 spiro atoms. The molecule has 0 aromatic rings. The minimum Gasteiger partial charge on any atom is -0.465 e. The van der Waals surface area contributed by atoms with Crippen LogP contribution in [-0.4, -0.2) is 12.6 Å². The highest BCUT2D eigenvalue weighted by Crippen LogP contribution is 2.82. The van der Waals surface area contributed by atoms with Gasteiger partial charge in [-0.15, -0.1) is 0 Å². The number of ether oxygens (including phenoxy) is 1. The fourth-order valence-electron chi connectivity index (χ4n) is 3.83. The highest BCUT2D eigenvalue weighted by atomic mass is 16.5. The summed E-state index contributed by atoms with van der Waals surface area (Å²) in [6, 6.07) is 5.89. The van der Waals surface area contributed by atoms with E-state index in [1.165, 1.54) is 0 Å². The molecular weight excluding hydrogens is 242 g/mol. The van der Waals surface area contributed by atoms with Crippen LogP contribution in [0.15, 0.2) is 0 Å². The molecular formula is C14H15N3O2. The Balaban J connectivity index is 2.55. The smallest absolute Gasteiger partial charge is 0.329 e. The van der Waals surface area contributed by atoms with Gasteiger partial charge in [-0.05, 0) is 19.8 Å². The van der Waals surface area contributed by atoms with E-state index in [1.54, 1.807) is 6.92 Å². The van der Waals surface area contributed by atoms with Crippen LogP contribution in [0.5, 0.6) is 0 Å². The molecule has 1 atom stereocenters. The second kappa shape index (κ2) is 4.25. The maximum Gasteiger partial charge on any atom is 0.329 e. The van der Waals surface area contributed by atoms with Crippen LogP contribution in [-0.2, 0) is 9.53 Å². The normalized spacial score (nSPS) is 29.6. The van der Waals surface area contributed by atoms with Gasteiger partial charge in [0.1, 0.15) is 0 Å². The summed E-state index contributed by atoms with van der Waals surface area (Å²) >= 11 is 0. The second-order valence-corrected chi connectivity index (χ2v) is 5.20. The molecule has 0 aliphatic heterocycles. The van der Waals surface area contributed by atoms with Crippen molar-refractivity contribution in [1.82, 2.24) is 0 Å². The van der Waals surface area contributed by atoms with Crippen molar-refractivity contribution in [1.29, 1.82) is 15.8 Å². The van der Waals surface area contributed by atoms with Crippen molar-refractivity contribution >= 4 is 5.97 Å². The van der Waals surface area contributed by atoms with Crippen LogP contribution >= 0.6 is 0 Å². The van der Waals surface area contributed by atoms with E-state index in [4.69, 9.17) is 4.74 Å². The van der Waals surface area contributed by atoms with Crippen molar-refractivity contribution in [2.45, 2.75) is 39.0 Å². The fraction of sp³-hybridized carbons (Fsp3) is 0.714. The van der Waals surface area contributed by atoms with Crippen molar-refractivity contribution < 1.29 is 9.53 Å². The number of nitrogens with zero attached hydrogens (tertiary/aromatic N) is 3. The molecule has 98 valence electrons. The lowest BCUT2D eigenvalue weighted by atomic mass is 9.78.